The van der Waals surface area contributed by atoms with Crippen LogP contribution in [0, 0.1) is 0 Å². The average Bonchev–Trinajstić information content (AvgIpc) is 2.62. The van der Waals surface area contributed by atoms with Gasteiger partial charge in [-0.2, -0.15) is 5.10 Å². The highest BCUT2D eigenvalue weighted by atomic mass is 16.2. The van der Waals surface area contributed by atoms with Crippen molar-refractivity contribution >= 4 is 17.5 Å². The minimum atomic E-state index is -0.0880. The van der Waals surface area contributed by atoms with Crippen molar-refractivity contribution in [1.29, 1.82) is 0 Å². The zero-order chi connectivity index (χ0) is 11.5. The van der Waals surface area contributed by atoms with Crippen molar-refractivity contribution in [3.63, 3.8) is 0 Å². The monoisotopic (exact) mass is 223 g/mol. The number of rotatable bonds is 1. The molecule has 2 heterocycles. The number of hydrogen-bond donors (Lipinski definition) is 2. The molecule has 1 aliphatic rings. The van der Waals surface area contributed by atoms with E-state index in [-0.39, 0.29) is 6.03 Å². The maximum Gasteiger partial charge on any atom is 0.323 e. The Morgan fingerprint density at radius 3 is 2.69 bits per heavy atom. The van der Waals surface area contributed by atoms with Gasteiger partial charge < -0.3 is 10.6 Å². The molecule has 16 heavy (non-hydrogen) atoms. The van der Waals surface area contributed by atoms with Crippen LogP contribution in [-0.2, 0) is 7.05 Å². The van der Waals surface area contributed by atoms with Crippen molar-refractivity contribution in [3.05, 3.63) is 6.20 Å². The maximum absolute atomic E-state index is 11.9. The van der Waals surface area contributed by atoms with Crippen LogP contribution in [0.1, 0.15) is 19.3 Å². The molecule has 2 rings (SSSR count). The minimum Gasteiger partial charge on any atom is -0.394 e. The van der Waals surface area contributed by atoms with Gasteiger partial charge in [-0.3, -0.25) is 10.00 Å². The average molecular weight is 223 g/mol. The van der Waals surface area contributed by atoms with Crippen molar-refractivity contribution < 1.29 is 4.79 Å². The fraction of sp³-hybridized carbons (Fsp3) is 0.600. The summed E-state index contributed by atoms with van der Waals surface area (Å²) in [6.07, 6.45) is 4.89. The van der Waals surface area contributed by atoms with E-state index in [9.17, 15) is 4.79 Å². The van der Waals surface area contributed by atoms with Gasteiger partial charge in [0.2, 0.25) is 0 Å². The van der Waals surface area contributed by atoms with Crippen molar-refractivity contribution in [2.75, 3.05) is 24.1 Å². The van der Waals surface area contributed by atoms with Gasteiger partial charge in [-0.25, -0.2) is 4.79 Å². The summed E-state index contributed by atoms with van der Waals surface area (Å²) >= 11 is 0. The van der Waals surface area contributed by atoms with Crippen molar-refractivity contribution in [3.8, 4) is 0 Å². The molecule has 1 aromatic heterocycles. The fourth-order valence-electron chi connectivity index (χ4n) is 1.88. The molecular formula is C10H17N5O. The Morgan fingerprint density at radius 2 is 2.12 bits per heavy atom. The number of urea groups is 1. The van der Waals surface area contributed by atoms with Gasteiger partial charge in [0.25, 0.3) is 0 Å². The van der Waals surface area contributed by atoms with Gasteiger partial charge in [0, 0.05) is 20.1 Å². The molecular weight excluding hydrogens is 206 g/mol. The lowest BCUT2D eigenvalue weighted by Gasteiger charge is -2.26. The number of carbonyl (C=O) groups excluding carboxylic acids is 1. The smallest absolute Gasteiger partial charge is 0.323 e. The second kappa shape index (κ2) is 4.42. The van der Waals surface area contributed by atoms with E-state index >= 15 is 0 Å². The third-order valence-corrected chi connectivity index (χ3v) is 2.84. The quantitative estimate of drug-likeness (QED) is 0.746. The van der Waals surface area contributed by atoms with Crippen molar-refractivity contribution in [1.82, 2.24) is 14.7 Å². The molecule has 0 unspecified atom stereocenters. The van der Waals surface area contributed by atoms with Crippen LogP contribution >= 0.6 is 0 Å². The highest BCUT2D eigenvalue weighted by Gasteiger charge is 2.18. The molecule has 2 amide bonds. The number of aromatic nitrogens is 2. The number of nitrogens with two attached hydrogens (primary N) is 1. The number of nitrogens with zero attached hydrogens (tertiary/aromatic N) is 3. The van der Waals surface area contributed by atoms with Gasteiger partial charge in [0.05, 0.1) is 11.9 Å². The largest absolute Gasteiger partial charge is 0.394 e. The maximum atomic E-state index is 11.9. The lowest BCUT2D eigenvalue weighted by Crippen LogP contribution is -2.39. The molecule has 3 N–H and O–H groups in total. The number of anilines is 2. The van der Waals surface area contributed by atoms with Crippen LogP contribution in [0.5, 0.6) is 0 Å². The summed E-state index contributed by atoms with van der Waals surface area (Å²) < 4.78 is 1.57. The Bertz CT molecular complexity index is 361. The number of aryl methyl sites for hydroxylation is 1. The number of nitrogen functional groups attached to an aromatic ring is 1. The number of nitrogens with one attached hydrogen (secondary N) is 1. The lowest BCUT2D eigenvalue weighted by atomic mass is 10.1. The Labute approximate surface area is 94.4 Å². The molecule has 0 spiro atoms. The molecule has 0 bridgehead atoms. The van der Waals surface area contributed by atoms with Crippen molar-refractivity contribution in [2.45, 2.75) is 19.3 Å². The fourth-order valence-corrected chi connectivity index (χ4v) is 1.88. The Kier molecular flexibility index (Phi) is 2.98. The predicted molar refractivity (Wildman–Crippen MR) is 62.1 cm³/mol. The van der Waals surface area contributed by atoms with E-state index in [0.29, 0.717) is 11.5 Å². The first-order chi connectivity index (χ1) is 7.68. The molecule has 0 atom stereocenters. The summed E-state index contributed by atoms with van der Waals surface area (Å²) in [5.41, 5.74) is 6.20. The molecule has 0 aliphatic carbocycles. The first-order valence-corrected chi connectivity index (χ1v) is 5.52. The standard InChI is InChI=1S/C10H17N5O/c1-14-9(8(11)7-12-14)13-10(16)15-5-3-2-4-6-15/h7H,2-6,11H2,1H3,(H,13,16). The van der Waals surface area contributed by atoms with Crippen LogP contribution in [0.3, 0.4) is 0 Å². The van der Waals surface area contributed by atoms with E-state index in [1.54, 1.807) is 11.7 Å². The third-order valence-electron chi connectivity index (χ3n) is 2.84. The van der Waals surface area contributed by atoms with Crippen LogP contribution in [-0.4, -0.2) is 33.8 Å². The van der Waals surface area contributed by atoms with Crippen LogP contribution in [0.4, 0.5) is 16.3 Å². The van der Waals surface area contributed by atoms with Gasteiger partial charge in [-0.15, -0.1) is 0 Å². The Hall–Kier alpha value is -1.72. The number of hydrogen-bond acceptors (Lipinski definition) is 3. The molecule has 0 saturated carbocycles. The Morgan fingerprint density at radius 1 is 1.44 bits per heavy atom. The zero-order valence-electron chi connectivity index (χ0n) is 9.44. The van der Waals surface area contributed by atoms with Gasteiger partial charge in [-0.05, 0) is 19.3 Å². The first-order valence-electron chi connectivity index (χ1n) is 5.52. The normalized spacial score (nSPS) is 16.2. The van der Waals surface area contributed by atoms with Gasteiger partial charge in [0.15, 0.2) is 5.82 Å². The predicted octanol–water partition coefficient (Wildman–Crippen LogP) is 1.02. The molecule has 6 heteroatoms. The summed E-state index contributed by atoms with van der Waals surface area (Å²) in [5, 5.41) is 6.76. The Balaban J connectivity index is 2.01. The van der Waals surface area contributed by atoms with E-state index in [2.05, 4.69) is 10.4 Å². The van der Waals surface area contributed by atoms with E-state index in [1.807, 2.05) is 4.90 Å². The van der Waals surface area contributed by atoms with E-state index in [4.69, 9.17) is 5.73 Å². The van der Waals surface area contributed by atoms with Crippen LogP contribution in [0.2, 0.25) is 0 Å². The molecule has 0 radical (unpaired) electrons. The van der Waals surface area contributed by atoms with E-state index < -0.39 is 0 Å². The second-order valence-electron chi connectivity index (χ2n) is 4.05. The minimum absolute atomic E-state index is 0.0880. The van der Waals surface area contributed by atoms with Crippen LogP contribution in [0.25, 0.3) is 0 Å². The highest BCUT2D eigenvalue weighted by Crippen LogP contribution is 2.17. The lowest BCUT2D eigenvalue weighted by molar-refractivity contribution is 0.200. The number of piperidine rings is 1. The summed E-state index contributed by atoms with van der Waals surface area (Å²) in [5.74, 6) is 0.565. The molecule has 1 saturated heterocycles. The summed E-state index contributed by atoms with van der Waals surface area (Å²) in [6, 6.07) is -0.0880. The number of likely N-dealkylation sites (tertiary alicyclic amines) is 1. The second-order valence-corrected chi connectivity index (χ2v) is 4.05. The molecule has 88 valence electrons. The molecule has 1 aliphatic heterocycles. The van der Waals surface area contributed by atoms with E-state index in [1.165, 1.54) is 12.6 Å². The molecule has 0 aromatic carbocycles. The first kappa shape index (κ1) is 10.8. The van der Waals surface area contributed by atoms with E-state index in [0.717, 1.165) is 25.9 Å². The van der Waals surface area contributed by atoms with Crippen LogP contribution in [0.15, 0.2) is 6.20 Å². The molecule has 1 fully saturated rings. The summed E-state index contributed by atoms with van der Waals surface area (Å²) in [6.45, 7) is 1.65. The number of carbonyl (C=O) groups is 1. The molecule has 1 aromatic rings. The van der Waals surface area contributed by atoms with Gasteiger partial charge >= 0.3 is 6.03 Å². The highest BCUT2D eigenvalue weighted by molar-refractivity contribution is 5.91. The van der Waals surface area contributed by atoms with Gasteiger partial charge in [0.1, 0.15) is 0 Å². The third kappa shape index (κ3) is 2.10. The summed E-state index contributed by atoms with van der Waals surface area (Å²) in [4.78, 5) is 13.7. The topological polar surface area (TPSA) is 76.2 Å². The van der Waals surface area contributed by atoms with Gasteiger partial charge in [-0.1, -0.05) is 0 Å². The zero-order valence-corrected chi connectivity index (χ0v) is 9.44. The number of amides is 2. The SMILES string of the molecule is Cn1ncc(N)c1NC(=O)N1CCCCC1. The summed E-state index contributed by atoms with van der Waals surface area (Å²) in [7, 11) is 1.75. The van der Waals surface area contributed by atoms with Crippen LogP contribution < -0.4 is 11.1 Å². The van der Waals surface area contributed by atoms with Crippen molar-refractivity contribution in [2.24, 2.45) is 7.05 Å². The molecule has 6 nitrogen and oxygen atoms in total.